The molecule has 0 aromatic heterocycles. The zero-order valence-electron chi connectivity index (χ0n) is 7.33. The van der Waals surface area contributed by atoms with Crippen molar-refractivity contribution in [3.8, 4) is 0 Å². The van der Waals surface area contributed by atoms with Crippen LogP contribution in [-0.2, 0) is 9.53 Å². The number of carboxylic acid groups (broad SMARTS) is 1. The molecule has 0 radical (unpaired) electrons. The van der Waals surface area contributed by atoms with Crippen LogP contribution in [0.25, 0.3) is 0 Å². The largest absolute Gasteiger partial charge is 0.480 e. The Labute approximate surface area is 67.4 Å². The van der Waals surface area contributed by atoms with Gasteiger partial charge in [0, 0.05) is 0 Å². The second kappa shape index (κ2) is 5.13. The van der Waals surface area contributed by atoms with Crippen molar-refractivity contribution in [3.63, 3.8) is 0 Å². The summed E-state index contributed by atoms with van der Waals surface area (Å²) in [6.45, 7) is 6.58. The van der Waals surface area contributed by atoms with E-state index in [9.17, 15) is 4.79 Å². The van der Waals surface area contributed by atoms with Crippen molar-refractivity contribution in [3.05, 3.63) is 0 Å². The van der Waals surface area contributed by atoms with E-state index in [0.29, 0.717) is 18.4 Å². The molecule has 1 unspecified atom stereocenters. The molecular formula is C8H16O3. The highest BCUT2D eigenvalue weighted by molar-refractivity contribution is 5.67. The van der Waals surface area contributed by atoms with Crippen LogP contribution >= 0.6 is 0 Å². The number of hydrogen-bond donors (Lipinski definition) is 1. The van der Waals surface area contributed by atoms with Crippen LogP contribution in [0.5, 0.6) is 0 Å². The first-order chi connectivity index (χ1) is 5.04. The average Bonchev–Trinajstić information content (AvgIpc) is 1.86. The Balaban J connectivity index is 3.31. The van der Waals surface area contributed by atoms with Gasteiger partial charge in [0.25, 0.3) is 0 Å². The molecular weight excluding hydrogens is 144 g/mol. The molecule has 0 heterocycles. The summed E-state index contributed by atoms with van der Waals surface area (Å²) in [6.07, 6.45) is 0. The molecule has 66 valence electrons. The van der Waals surface area contributed by atoms with Crippen LogP contribution < -0.4 is 0 Å². The van der Waals surface area contributed by atoms with Gasteiger partial charge in [-0.3, -0.25) is 0 Å². The Morgan fingerprint density at radius 2 is 2.00 bits per heavy atom. The minimum absolute atomic E-state index is 0.183. The first kappa shape index (κ1) is 10.4. The molecule has 3 heteroatoms. The number of ether oxygens (including phenoxy) is 1. The normalized spacial score (nSPS) is 13.5. The maximum atomic E-state index is 10.0. The Bertz CT molecular complexity index is 121. The molecule has 11 heavy (non-hydrogen) atoms. The summed E-state index contributed by atoms with van der Waals surface area (Å²) in [5, 5.41) is 8.24. The molecule has 0 aromatic carbocycles. The van der Waals surface area contributed by atoms with E-state index in [0.717, 1.165) is 0 Å². The summed E-state index contributed by atoms with van der Waals surface area (Å²) in [5.41, 5.74) is 0. The zero-order chi connectivity index (χ0) is 8.85. The molecule has 0 saturated heterocycles. The highest BCUT2D eigenvalue weighted by Gasteiger charge is 2.07. The third kappa shape index (κ3) is 5.85. The molecule has 0 rings (SSSR count). The van der Waals surface area contributed by atoms with Crippen LogP contribution in [0, 0.1) is 11.8 Å². The lowest BCUT2D eigenvalue weighted by Gasteiger charge is -2.14. The molecule has 1 atom stereocenters. The Morgan fingerprint density at radius 1 is 1.45 bits per heavy atom. The predicted molar refractivity (Wildman–Crippen MR) is 42.5 cm³/mol. The summed E-state index contributed by atoms with van der Waals surface area (Å²) in [6, 6.07) is 0. The first-order valence-corrected chi connectivity index (χ1v) is 3.83. The monoisotopic (exact) mass is 160 g/mol. The third-order valence-electron chi connectivity index (χ3n) is 1.74. The van der Waals surface area contributed by atoms with Gasteiger partial charge < -0.3 is 9.84 Å². The lowest BCUT2D eigenvalue weighted by molar-refractivity contribution is -0.142. The van der Waals surface area contributed by atoms with Crippen LogP contribution in [0.1, 0.15) is 20.8 Å². The van der Waals surface area contributed by atoms with Crippen molar-refractivity contribution in [2.75, 3.05) is 13.2 Å². The maximum absolute atomic E-state index is 10.0. The molecule has 3 nitrogen and oxygen atoms in total. The molecule has 0 bridgehead atoms. The van der Waals surface area contributed by atoms with E-state index in [-0.39, 0.29) is 6.61 Å². The molecule has 0 spiro atoms. The lowest BCUT2D eigenvalue weighted by Crippen LogP contribution is -2.15. The average molecular weight is 160 g/mol. The summed E-state index contributed by atoms with van der Waals surface area (Å²) in [4.78, 5) is 10.0. The summed E-state index contributed by atoms with van der Waals surface area (Å²) < 4.78 is 4.92. The molecule has 0 saturated carbocycles. The van der Waals surface area contributed by atoms with Gasteiger partial charge in [-0.1, -0.05) is 20.8 Å². The van der Waals surface area contributed by atoms with Crippen molar-refractivity contribution in [1.29, 1.82) is 0 Å². The first-order valence-electron chi connectivity index (χ1n) is 3.83. The number of carbonyl (C=O) groups is 1. The van der Waals surface area contributed by atoms with Gasteiger partial charge in [-0.05, 0) is 11.8 Å². The molecule has 0 amide bonds. The Hall–Kier alpha value is -0.570. The van der Waals surface area contributed by atoms with Crippen LogP contribution in [-0.4, -0.2) is 24.3 Å². The zero-order valence-corrected chi connectivity index (χ0v) is 7.33. The topological polar surface area (TPSA) is 46.5 Å². The highest BCUT2D eigenvalue weighted by Crippen LogP contribution is 2.08. The summed E-state index contributed by atoms with van der Waals surface area (Å²) in [5.74, 6) is 0.0686. The van der Waals surface area contributed by atoms with Crippen LogP contribution in [0.3, 0.4) is 0 Å². The fourth-order valence-corrected chi connectivity index (χ4v) is 0.525. The smallest absolute Gasteiger partial charge is 0.329 e. The van der Waals surface area contributed by atoms with E-state index in [1.165, 1.54) is 0 Å². The maximum Gasteiger partial charge on any atom is 0.329 e. The SMILES string of the molecule is CC(C)C(C)COCC(=O)O. The molecule has 1 N–H and O–H groups in total. The quantitative estimate of drug-likeness (QED) is 0.661. The Kier molecular flexibility index (Phi) is 4.86. The molecule has 0 fully saturated rings. The van der Waals surface area contributed by atoms with Crippen molar-refractivity contribution in [2.45, 2.75) is 20.8 Å². The van der Waals surface area contributed by atoms with Gasteiger partial charge in [-0.15, -0.1) is 0 Å². The van der Waals surface area contributed by atoms with Gasteiger partial charge in [0.15, 0.2) is 0 Å². The molecule has 0 aliphatic heterocycles. The van der Waals surface area contributed by atoms with Gasteiger partial charge in [-0.2, -0.15) is 0 Å². The number of rotatable bonds is 5. The summed E-state index contributed by atoms with van der Waals surface area (Å²) >= 11 is 0. The second-order valence-corrected chi connectivity index (χ2v) is 3.13. The van der Waals surface area contributed by atoms with Gasteiger partial charge >= 0.3 is 5.97 Å². The van der Waals surface area contributed by atoms with E-state index in [2.05, 4.69) is 13.8 Å². The third-order valence-corrected chi connectivity index (χ3v) is 1.74. The van der Waals surface area contributed by atoms with E-state index < -0.39 is 5.97 Å². The van der Waals surface area contributed by atoms with Crippen molar-refractivity contribution < 1.29 is 14.6 Å². The highest BCUT2D eigenvalue weighted by atomic mass is 16.5. The van der Waals surface area contributed by atoms with E-state index >= 15 is 0 Å². The predicted octanol–water partition coefficient (Wildman–Crippen LogP) is 1.38. The van der Waals surface area contributed by atoms with Gasteiger partial charge in [0.05, 0.1) is 6.61 Å². The van der Waals surface area contributed by atoms with Gasteiger partial charge in [0.1, 0.15) is 6.61 Å². The number of aliphatic carboxylic acids is 1. The van der Waals surface area contributed by atoms with Gasteiger partial charge in [-0.25, -0.2) is 4.79 Å². The van der Waals surface area contributed by atoms with E-state index in [1.54, 1.807) is 0 Å². The van der Waals surface area contributed by atoms with Crippen molar-refractivity contribution in [2.24, 2.45) is 11.8 Å². The molecule has 0 aliphatic rings. The second-order valence-electron chi connectivity index (χ2n) is 3.13. The fraction of sp³-hybridized carbons (Fsp3) is 0.875. The minimum Gasteiger partial charge on any atom is -0.480 e. The standard InChI is InChI=1S/C8H16O3/c1-6(2)7(3)4-11-5-8(9)10/h6-7H,4-5H2,1-3H3,(H,9,10). The van der Waals surface area contributed by atoms with Gasteiger partial charge in [0.2, 0.25) is 0 Å². The number of hydrogen-bond acceptors (Lipinski definition) is 2. The number of carboxylic acids is 1. The minimum atomic E-state index is -0.902. The van der Waals surface area contributed by atoms with Crippen LogP contribution in [0.4, 0.5) is 0 Å². The van der Waals surface area contributed by atoms with Crippen LogP contribution in [0.15, 0.2) is 0 Å². The van der Waals surface area contributed by atoms with Crippen LogP contribution in [0.2, 0.25) is 0 Å². The molecule has 0 aromatic rings. The molecule has 0 aliphatic carbocycles. The van der Waals surface area contributed by atoms with Crippen molar-refractivity contribution >= 4 is 5.97 Å². The van der Waals surface area contributed by atoms with E-state index in [4.69, 9.17) is 9.84 Å². The van der Waals surface area contributed by atoms with Crippen molar-refractivity contribution in [1.82, 2.24) is 0 Å². The van der Waals surface area contributed by atoms with E-state index in [1.807, 2.05) is 6.92 Å². The summed E-state index contributed by atoms with van der Waals surface area (Å²) in [7, 11) is 0. The lowest BCUT2D eigenvalue weighted by atomic mass is 9.99. The Morgan fingerprint density at radius 3 is 2.36 bits per heavy atom. The fourth-order valence-electron chi connectivity index (χ4n) is 0.525.